The molecular formula is C9H17N3O. The molecule has 1 atom stereocenters. The zero-order chi connectivity index (χ0) is 10.3. The molecule has 0 aromatic carbocycles. The minimum Gasteiger partial charge on any atom is -0.396 e. The van der Waals surface area contributed by atoms with Gasteiger partial charge < -0.3 is 5.11 Å². The van der Waals surface area contributed by atoms with Crippen LogP contribution in [0.5, 0.6) is 0 Å². The van der Waals surface area contributed by atoms with Gasteiger partial charge in [-0.15, -0.1) is 0 Å². The molecule has 1 aliphatic carbocycles. The Hall–Kier alpha value is -0.730. The second-order valence-electron chi connectivity index (χ2n) is 4.88. The fourth-order valence-corrected chi connectivity index (χ4v) is 2.48. The Morgan fingerprint density at radius 3 is 2.08 bits per heavy atom. The first-order valence-corrected chi connectivity index (χ1v) is 4.54. The van der Waals surface area contributed by atoms with E-state index in [0.29, 0.717) is 5.92 Å². The number of rotatable bonds is 3. The molecule has 0 saturated heterocycles. The van der Waals surface area contributed by atoms with Gasteiger partial charge in [-0.3, -0.25) is 0 Å². The quantitative estimate of drug-likeness (QED) is 0.407. The average molecular weight is 183 g/mol. The molecule has 1 aliphatic rings. The second-order valence-corrected chi connectivity index (χ2v) is 4.88. The summed E-state index contributed by atoms with van der Waals surface area (Å²) in [4.78, 5) is 2.76. The molecule has 1 saturated carbocycles. The van der Waals surface area contributed by atoms with Crippen LogP contribution in [0.25, 0.3) is 10.4 Å². The molecule has 4 nitrogen and oxygen atoms in total. The molecule has 0 aromatic heterocycles. The highest BCUT2D eigenvalue weighted by Gasteiger charge is 2.66. The Labute approximate surface area is 78.6 Å². The summed E-state index contributed by atoms with van der Waals surface area (Å²) in [5.74, 6) is 0.292. The van der Waals surface area contributed by atoms with Crippen LogP contribution in [-0.4, -0.2) is 17.8 Å². The number of hydrogen-bond acceptors (Lipinski definition) is 2. The van der Waals surface area contributed by atoms with Crippen LogP contribution in [0, 0.1) is 16.7 Å². The second kappa shape index (κ2) is 2.89. The predicted molar refractivity (Wildman–Crippen MR) is 51.1 cm³/mol. The number of hydrogen-bond donors (Lipinski definition) is 1. The van der Waals surface area contributed by atoms with Crippen LogP contribution in [-0.2, 0) is 0 Å². The SMILES string of the molecule is CC1(C)C(C(CO)N=[N+]=[N-])C1(C)C. The van der Waals surface area contributed by atoms with E-state index in [1.54, 1.807) is 0 Å². The Kier molecular flexibility index (Phi) is 2.30. The monoisotopic (exact) mass is 183 g/mol. The molecule has 0 heterocycles. The summed E-state index contributed by atoms with van der Waals surface area (Å²) in [5.41, 5.74) is 8.65. The standard InChI is InChI=1S/C9H17N3O/c1-8(2)7(9(8,3)4)6(5-13)11-12-10/h6-7,13H,5H2,1-4H3. The summed E-state index contributed by atoms with van der Waals surface area (Å²) in [6.45, 7) is 8.53. The fourth-order valence-electron chi connectivity index (χ4n) is 2.48. The summed E-state index contributed by atoms with van der Waals surface area (Å²) < 4.78 is 0. The average Bonchev–Trinajstić information content (AvgIpc) is 2.40. The van der Waals surface area contributed by atoms with Crippen LogP contribution in [0.2, 0.25) is 0 Å². The summed E-state index contributed by atoms with van der Waals surface area (Å²) in [6, 6.07) is -0.269. The van der Waals surface area contributed by atoms with Gasteiger partial charge in [-0.25, -0.2) is 0 Å². The van der Waals surface area contributed by atoms with Crippen molar-refractivity contribution in [3.05, 3.63) is 10.4 Å². The highest BCUT2D eigenvalue weighted by Crippen LogP contribution is 2.70. The van der Waals surface area contributed by atoms with Crippen molar-refractivity contribution in [1.29, 1.82) is 0 Å². The predicted octanol–water partition coefficient (Wildman–Crippen LogP) is 2.34. The van der Waals surface area contributed by atoms with E-state index in [0.717, 1.165) is 0 Å². The smallest absolute Gasteiger partial charge is 0.0644 e. The lowest BCUT2D eigenvalue weighted by atomic mass is 10.0. The third-order valence-corrected chi connectivity index (χ3v) is 3.90. The van der Waals surface area contributed by atoms with Crippen molar-refractivity contribution in [2.75, 3.05) is 6.61 Å². The molecule has 1 rings (SSSR count). The molecule has 0 amide bonds. The molecule has 0 bridgehead atoms. The van der Waals surface area contributed by atoms with Crippen molar-refractivity contribution in [3.63, 3.8) is 0 Å². The van der Waals surface area contributed by atoms with E-state index >= 15 is 0 Å². The summed E-state index contributed by atoms with van der Waals surface area (Å²) in [7, 11) is 0. The Bertz CT molecular complexity index is 240. The lowest BCUT2D eigenvalue weighted by Gasteiger charge is -2.08. The van der Waals surface area contributed by atoms with Crippen molar-refractivity contribution in [2.24, 2.45) is 21.9 Å². The maximum absolute atomic E-state index is 9.07. The molecular weight excluding hydrogens is 166 g/mol. The van der Waals surface area contributed by atoms with Crippen LogP contribution in [0.15, 0.2) is 5.11 Å². The first kappa shape index (κ1) is 10.4. The fraction of sp³-hybridized carbons (Fsp3) is 1.00. The van der Waals surface area contributed by atoms with E-state index < -0.39 is 0 Å². The van der Waals surface area contributed by atoms with Gasteiger partial charge in [0.2, 0.25) is 0 Å². The first-order valence-electron chi connectivity index (χ1n) is 4.54. The summed E-state index contributed by atoms with van der Waals surface area (Å²) >= 11 is 0. The van der Waals surface area contributed by atoms with E-state index in [4.69, 9.17) is 10.6 Å². The molecule has 13 heavy (non-hydrogen) atoms. The van der Waals surface area contributed by atoms with Crippen molar-refractivity contribution < 1.29 is 5.11 Å². The van der Waals surface area contributed by atoms with E-state index in [-0.39, 0.29) is 23.5 Å². The van der Waals surface area contributed by atoms with Gasteiger partial charge in [-0.05, 0) is 22.3 Å². The molecule has 1 N–H and O–H groups in total. The van der Waals surface area contributed by atoms with Gasteiger partial charge in [0.25, 0.3) is 0 Å². The van der Waals surface area contributed by atoms with Crippen molar-refractivity contribution >= 4 is 0 Å². The molecule has 0 spiro atoms. The minimum absolute atomic E-state index is 0.0540. The van der Waals surface area contributed by atoms with E-state index in [9.17, 15) is 0 Å². The van der Waals surface area contributed by atoms with Crippen LogP contribution in [0.1, 0.15) is 27.7 Å². The highest BCUT2D eigenvalue weighted by atomic mass is 16.3. The number of nitrogens with zero attached hydrogens (tertiary/aromatic N) is 3. The number of azide groups is 1. The van der Waals surface area contributed by atoms with Crippen LogP contribution in [0.3, 0.4) is 0 Å². The molecule has 1 fully saturated rings. The molecule has 74 valence electrons. The molecule has 4 heteroatoms. The van der Waals surface area contributed by atoms with Crippen LogP contribution < -0.4 is 0 Å². The third kappa shape index (κ3) is 1.30. The Morgan fingerprint density at radius 2 is 1.85 bits per heavy atom. The largest absolute Gasteiger partial charge is 0.396 e. The number of aliphatic hydroxyl groups excluding tert-OH is 1. The van der Waals surface area contributed by atoms with E-state index in [1.165, 1.54) is 0 Å². The lowest BCUT2D eigenvalue weighted by Crippen LogP contribution is -2.16. The summed E-state index contributed by atoms with van der Waals surface area (Å²) in [5, 5.41) is 12.7. The first-order chi connectivity index (χ1) is 5.89. The maximum atomic E-state index is 9.07. The molecule has 0 radical (unpaired) electrons. The maximum Gasteiger partial charge on any atom is 0.0644 e. The highest BCUT2D eigenvalue weighted by molar-refractivity contribution is 5.16. The van der Waals surface area contributed by atoms with Gasteiger partial charge in [0.15, 0.2) is 0 Å². The Balaban J connectivity index is 2.81. The zero-order valence-corrected chi connectivity index (χ0v) is 8.65. The minimum atomic E-state index is -0.269. The van der Waals surface area contributed by atoms with Gasteiger partial charge in [0.05, 0.1) is 12.6 Å². The topological polar surface area (TPSA) is 69.0 Å². The molecule has 0 aromatic rings. The van der Waals surface area contributed by atoms with Gasteiger partial charge >= 0.3 is 0 Å². The Morgan fingerprint density at radius 1 is 1.38 bits per heavy atom. The van der Waals surface area contributed by atoms with E-state index in [2.05, 4.69) is 37.7 Å². The molecule has 0 aliphatic heterocycles. The van der Waals surface area contributed by atoms with Crippen molar-refractivity contribution in [1.82, 2.24) is 0 Å². The van der Waals surface area contributed by atoms with E-state index in [1.807, 2.05) is 0 Å². The molecule has 1 unspecified atom stereocenters. The van der Waals surface area contributed by atoms with Crippen molar-refractivity contribution in [3.8, 4) is 0 Å². The number of aliphatic hydroxyl groups is 1. The third-order valence-electron chi connectivity index (χ3n) is 3.90. The van der Waals surface area contributed by atoms with Crippen LogP contribution in [0.4, 0.5) is 0 Å². The lowest BCUT2D eigenvalue weighted by molar-refractivity contribution is 0.240. The van der Waals surface area contributed by atoms with Gasteiger partial charge in [-0.1, -0.05) is 32.8 Å². The van der Waals surface area contributed by atoms with Gasteiger partial charge in [0.1, 0.15) is 0 Å². The van der Waals surface area contributed by atoms with Crippen LogP contribution >= 0.6 is 0 Å². The zero-order valence-electron chi connectivity index (χ0n) is 8.65. The van der Waals surface area contributed by atoms with Gasteiger partial charge in [0, 0.05) is 4.91 Å². The summed E-state index contributed by atoms with van der Waals surface area (Å²) in [6.07, 6.45) is 0. The van der Waals surface area contributed by atoms with Gasteiger partial charge in [-0.2, -0.15) is 0 Å². The van der Waals surface area contributed by atoms with Crippen molar-refractivity contribution in [2.45, 2.75) is 33.7 Å². The normalized spacial score (nSPS) is 26.2.